The SMILES string of the molecule is Cc1cccc(OCC(=O)OCC(=O)N2c3ccccc3CCC2C)c1. The maximum Gasteiger partial charge on any atom is 0.344 e. The van der Waals surface area contributed by atoms with Crippen LogP contribution in [-0.2, 0) is 20.7 Å². The molecule has 5 nitrogen and oxygen atoms in total. The zero-order valence-corrected chi connectivity index (χ0v) is 15.1. The molecule has 26 heavy (non-hydrogen) atoms. The van der Waals surface area contributed by atoms with Crippen molar-refractivity contribution in [2.75, 3.05) is 18.1 Å². The summed E-state index contributed by atoms with van der Waals surface area (Å²) >= 11 is 0. The molecule has 1 aliphatic rings. The first-order valence-corrected chi connectivity index (χ1v) is 8.79. The third kappa shape index (κ3) is 4.23. The fraction of sp³-hybridized carbons (Fsp3) is 0.333. The van der Waals surface area contributed by atoms with Crippen molar-refractivity contribution in [2.45, 2.75) is 32.7 Å². The van der Waals surface area contributed by atoms with Gasteiger partial charge in [-0.05, 0) is 56.0 Å². The Bertz CT molecular complexity index is 802. The summed E-state index contributed by atoms with van der Waals surface area (Å²) in [7, 11) is 0. The number of esters is 1. The Morgan fingerprint density at radius 2 is 1.92 bits per heavy atom. The molecule has 2 aromatic carbocycles. The molecule has 1 atom stereocenters. The lowest BCUT2D eigenvalue weighted by molar-refractivity contribution is -0.149. The van der Waals surface area contributed by atoms with Crippen LogP contribution in [0.3, 0.4) is 0 Å². The molecule has 3 rings (SSSR count). The van der Waals surface area contributed by atoms with Crippen LogP contribution in [0.25, 0.3) is 0 Å². The molecule has 5 heteroatoms. The highest BCUT2D eigenvalue weighted by atomic mass is 16.6. The molecule has 1 amide bonds. The Hall–Kier alpha value is -2.82. The molecule has 0 aliphatic carbocycles. The molecular formula is C21H23NO4. The van der Waals surface area contributed by atoms with Crippen LogP contribution in [0.15, 0.2) is 48.5 Å². The number of amides is 1. The van der Waals surface area contributed by atoms with Crippen molar-refractivity contribution in [3.63, 3.8) is 0 Å². The van der Waals surface area contributed by atoms with E-state index in [1.807, 2.05) is 56.3 Å². The molecule has 0 N–H and O–H groups in total. The lowest BCUT2D eigenvalue weighted by Gasteiger charge is -2.35. The first-order chi connectivity index (χ1) is 12.5. The normalized spacial score (nSPS) is 15.9. The average molecular weight is 353 g/mol. The number of carbonyl (C=O) groups is 2. The Labute approximate surface area is 153 Å². The largest absolute Gasteiger partial charge is 0.482 e. The zero-order chi connectivity index (χ0) is 18.5. The number of anilines is 1. The van der Waals surface area contributed by atoms with Crippen LogP contribution in [0.2, 0.25) is 0 Å². The van der Waals surface area contributed by atoms with Crippen LogP contribution < -0.4 is 9.64 Å². The second-order valence-corrected chi connectivity index (χ2v) is 6.55. The summed E-state index contributed by atoms with van der Waals surface area (Å²) in [5.74, 6) is -0.168. The molecule has 2 aromatic rings. The topological polar surface area (TPSA) is 55.8 Å². The summed E-state index contributed by atoms with van der Waals surface area (Å²) in [5, 5.41) is 0. The lowest BCUT2D eigenvalue weighted by Crippen LogP contribution is -2.44. The fourth-order valence-corrected chi connectivity index (χ4v) is 3.17. The van der Waals surface area contributed by atoms with Gasteiger partial charge in [-0.15, -0.1) is 0 Å². The smallest absolute Gasteiger partial charge is 0.344 e. The Kier molecular flexibility index (Phi) is 5.56. The summed E-state index contributed by atoms with van der Waals surface area (Å²) in [5.41, 5.74) is 3.10. The lowest BCUT2D eigenvalue weighted by atomic mass is 9.96. The van der Waals surface area contributed by atoms with Crippen molar-refractivity contribution in [2.24, 2.45) is 0 Å². The predicted molar refractivity (Wildman–Crippen MR) is 99.3 cm³/mol. The zero-order valence-electron chi connectivity index (χ0n) is 15.1. The van der Waals surface area contributed by atoms with E-state index in [1.165, 1.54) is 0 Å². The highest BCUT2D eigenvalue weighted by Crippen LogP contribution is 2.30. The third-order valence-corrected chi connectivity index (χ3v) is 4.49. The molecule has 0 radical (unpaired) electrons. The van der Waals surface area contributed by atoms with E-state index in [2.05, 4.69) is 0 Å². The maximum atomic E-state index is 12.6. The predicted octanol–water partition coefficient (Wildman–Crippen LogP) is 3.28. The van der Waals surface area contributed by atoms with E-state index >= 15 is 0 Å². The molecule has 0 fully saturated rings. The quantitative estimate of drug-likeness (QED) is 0.774. The molecule has 0 aromatic heterocycles. The van der Waals surface area contributed by atoms with E-state index in [1.54, 1.807) is 11.0 Å². The number of carbonyl (C=O) groups excluding carboxylic acids is 2. The van der Waals surface area contributed by atoms with Crippen LogP contribution in [0.1, 0.15) is 24.5 Å². The van der Waals surface area contributed by atoms with E-state index in [0.717, 1.165) is 29.7 Å². The van der Waals surface area contributed by atoms with Crippen LogP contribution in [0, 0.1) is 6.92 Å². The summed E-state index contributed by atoms with van der Waals surface area (Å²) in [6.45, 7) is 3.45. The van der Waals surface area contributed by atoms with E-state index in [-0.39, 0.29) is 25.2 Å². The molecule has 1 heterocycles. The Morgan fingerprint density at radius 1 is 1.12 bits per heavy atom. The number of fused-ring (bicyclic) bond motifs is 1. The summed E-state index contributed by atoms with van der Waals surface area (Å²) < 4.78 is 10.5. The molecule has 136 valence electrons. The first kappa shape index (κ1) is 18.0. The molecule has 0 bridgehead atoms. The molecular weight excluding hydrogens is 330 g/mol. The summed E-state index contributed by atoms with van der Waals surface area (Å²) in [6.07, 6.45) is 1.85. The van der Waals surface area contributed by atoms with Crippen LogP contribution in [0.5, 0.6) is 5.75 Å². The fourth-order valence-electron chi connectivity index (χ4n) is 3.17. The van der Waals surface area contributed by atoms with Gasteiger partial charge >= 0.3 is 5.97 Å². The van der Waals surface area contributed by atoms with E-state index < -0.39 is 5.97 Å². The van der Waals surface area contributed by atoms with Crippen LogP contribution >= 0.6 is 0 Å². The van der Waals surface area contributed by atoms with Crippen molar-refractivity contribution in [1.29, 1.82) is 0 Å². The highest BCUT2D eigenvalue weighted by molar-refractivity contribution is 5.96. The number of hydrogen-bond donors (Lipinski definition) is 0. The Morgan fingerprint density at radius 3 is 2.73 bits per heavy atom. The molecule has 0 spiro atoms. The average Bonchev–Trinajstić information content (AvgIpc) is 2.64. The number of ether oxygens (including phenoxy) is 2. The standard InChI is InChI=1S/C21H23NO4/c1-15-6-5-8-18(12-15)25-14-21(24)26-13-20(23)22-16(2)10-11-17-7-3-4-9-19(17)22/h3-9,12,16H,10-11,13-14H2,1-2H3. The van der Waals surface area contributed by atoms with Crippen molar-refractivity contribution in [3.05, 3.63) is 59.7 Å². The van der Waals surface area contributed by atoms with Gasteiger partial charge in [-0.25, -0.2) is 4.79 Å². The van der Waals surface area contributed by atoms with Crippen molar-refractivity contribution in [1.82, 2.24) is 0 Å². The molecule has 1 aliphatic heterocycles. The number of nitrogens with zero attached hydrogens (tertiary/aromatic N) is 1. The van der Waals surface area contributed by atoms with Crippen molar-refractivity contribution in [3.8, 4) is 5.75 Å². The van der Waals surface area contributed by atoms with Gasteiger partial charge in [-0.3, -0.25) is 4.79 Å². The number of hydrogen-bond acceptors (Lipinski definition) is 4. The van der Waals surface area contributed by atoms with E-state index in [9.17, 15) is 9.59 Å². The van der Waals surface area contributed by atoms with Crippen molar-refractivity contribution < 1.29 is 19.1 Å². The van der Waals surface area contributed by atoms with Gasteiger partial charge in [0.1, 0.15) is 5.75 Å². The van der Waals surface area contributed by atoms with Gasteiger partial charge < -0.3 is 14.4 Å². The van der Waals surface area contributed by atoms with Gasteiger partial charge in [0.25, 0.3) is 5.91 Å². The second kappa shape index (κ2) is 8.04. The third-order valence-electron chi connectivity index (χ3n) is 4.49. The Balaban J connectivity index is 1.54. The first-order valence-electron chi connectivity index (χ1n) is 8.79. The van der Waals surface area contributed by atoms with Gasteiger partial charge in [-0.1, -0.05) is 30.3 Å². The molecule has 0 saturated heterocycles. The van der Waals surface area contributed by atoms with Crippen LogP contribution in [-0.4, -0.2) is 31.1 Å². The van der Waals surface area contributed by atoms with Gasteiger partial charge in [0.05, 0.1) is 0 Å². The second-order valence-electron chi connectivity index (χ2n) is 6.55. The molecule has 1 unspecified atom stereocenters. The number of para-hydroxylation sites is 1. The number of benzene rings is 2. The minimum Gasteiger partial charge on any atom is -0.482 e. The minimum atomic E-state index is -0.558. The number of aryl methyl sites for hydroxylation is 2. The number of rotatable bonds is 5. The summed E-state index contributed by atoms with van der Waals surface area (Å²) in [4.78, 5) is 26.2. The maximum absolute atomic E-state index is 12.6. The monoisotopic (exact) mass is 353 g/mol. The molecule has 0 saturated carbocycles. The van der Waals surface area contributed by atoms with Gasteiger partial charge in [-0.2, -0.15) is 0 Å². The highest BCUT2D eigenvalue weighted by Gasteiger charge is 2.28. The van der Waals surface area contributed by atoms with Gasteiger partial charge in [0.15, 0.2) is 13.2 Å². The van der Waals surface area contributed by atoms with Gasteiger partial charge in [0, 0.05) is 11.7 Å². The summed E-state index contributed by atoms with van der Waals surface area (Å²) in [6, 6.07) is 15.4. The van der Waals surface area contributed by atoms with E-state index in [4.69, 9.17) is 9.47 Å². The van der Waals surface area contributed by atoms with Crippen LogP contribution in [0.4, 0.5) is 5.69 Å². The van der Waals surface area contributed by atoms with Gasteiger partial charge in [0.2, 0.25) is 0 Å². The van der Waals surface area contributed by atoms with Crippen molar-refractivity contribution >= 4 is 17.6 Å². The minimum absolute atomic E-state index is 0.0830. The van der Waals surface area contributed by atoms with E-state index in [0.29, 0.717) is 5.75 Å².